The van der Waals surface area contributed by atoms with Gasteiger partial charge in [-0.2, -0.15) is 0 Å². The minimum Gasteiger partial charge on any atom is -0.445 e. The molecule has 2 atom stereocenters. The zero-order valence-electron chi connectivity index (χ0n) is 16.2. The first kappa shape index (κ1) is 19.5. The van der Waals surface area contributed by atoms with Crippen molar-refractivity contribution in [2.24, 2.45) is 0 Å². The largest absolute Gasteiger partial charge is 0.445 e. The van der Waals surface area contributed by atoms with E-state index in [0.29, 0.717) is 19.8 Å². The first-order chi connectivity index (χ1) is 13.3. The summed E-state index contributed by atoms with van der Waals surface area (Å²) < 4.78 is 11.2. The second-order valence-electron chi connectivity index (χ2n) is 7.22. The number of carbonyl (C=O) groups excluding carboxylic acids is 1. The van der Waals surface area contributed by atoms with Crippen LogP contribution in [0.15, 0.2) is 42.0 Å². The lowest BCUT2D eigenvalue weighted by molar-refractivity contribution is -0.0373. The Morgan fingerprint density at radius 1 is 1.22 bits per heavy atom. The van der Waals surface area contributed by atoms with Gasteiger partial charge in [0.25, 0.3) is 0 Å². The summed E-state index contributed by atoms with van der Waals surface area (Å²) in [6.07, 6.45) is 8.16. The zero-order valence-corrected chi connectivity index (χ0v) is 16.2. The van der Waals surface area contributed by atoms with E-state index in [0.717, 1.165) is 24.8 Å². The molecule has 3 rings (SSSR count). The standard InChI is InChI=1S/C23H29NO3/c1-2-3-4-5-6-8-13-20-14-21-17-26-18-22(15-20)24(21)23(25)27-16-19-11-9-7-10-12-19/h7,9-12,14,21-22H,2-5,13,15-18H2,1H3. The quantitative estimate of drug-likeness (QED) is 0.416. The molecule has 4 nitrogen and oxygen atoms in total. The van der Waals surface area contributed by atoms with Crippen LogP contribution in [0.1, 0.15) is 51.0 Å². The molecule has 2 bridgehead atoms. The molecule has 2 unspecified atom stereocenters. The smallest absolute Gasteiger partial charge is 0.411 e. The minimum atomic E-state index is -0.252. The van der Waals surface area contributed by atoms with Crippen molar-refractivity contribution in [1.82, 2.24) is 4.90 Å². The lowest BCUT2D eigenvalue weighted by atomic mass is 9.93. The SMILES string of the molecule is CCCCCC#CCC1=CC2COCC(C1)N2C(=O)OCc1ccccc1. The molecule has 2 aliphatic heterocycles. The molecule has 0 spiro atoms. The highest BCUT2D eigenvalue weighted by molar-refractivity contribution is 5.69. The molecule has 1 amide bonds. The summed E-state index contributed by atoms with van der Waals surface area (Å²) in [5.41, 5.74) is 2.32. The van der Waals surface area contributed by atoms with Crippen molar-refractivity contribution in [2.45, 2.75) is 64.1 Å². The van der Waals surface area contributed by atoms with Gasteiger partial charge in [0.15, 0.2) is 0 Å². The Kier molecular flexibility index (Phi) is 7.36. The van der Waals surface area contributed by atoms with E-state index in [4.69, 9.17) is 9.47 Å². The van der Waals surface area contributed by atoms with E-state index in [9.17, 15) is 4.79 Å². The fourth-order valence-corrected chi connectivity index (χ4v) is 3.62. The second kappa shape index (κ2) is 10.2. The van der Waals surface area contributed by atoms with Gasteiger partial charge in [0.05, 0.1) is 25.3 Å². The Bertz CT molecular complexity index is 701. The molecule has 1 fully saturated rings. The average molecular weight is 367 g/mol. The monoisotopic (exact) mass is 367 g/mol. The molecule has 4 heteroatoms. The van der Waals surface area contributed by atoms with E-state index in [1.807, 2.05) is 35.2 Å². The number of ether oxygens (including phenoxy) is 2. The van der Waals surface area contributed by atoms with Crippen molar-refractivity contribution in [3.63, 3.8) is 0 Å². The molecular formula is C23H29NO3. The van der Waals surface area contributed by atoms with Gasteiger partial charge in [-0.15, -0.1) is 5.92 Å². The lowest BCUT2D eigenvalue weighted by Crippen LogP contribution is -2.56. The zero-order chi connectivity index (χ0) is 18.9. The maximum atomic E-state index is 12.6. The van der Waals surface area contributed by atoms with Crippen LogP contribution < -0.4 is 0 Å². The number of hydrogen-bond acceptors (Lipinski definition) is 3. The Labute approximate surface area is 162 Å². The maximum Gasteiger partial charge on any atom is 0.411 e. The van der Waals surface area contributed by atoms with Crippen molar-refractivity contribution >= 4 is 6.09 Å². The minimum absolute atomic E-state index is 0.0438. The van der Waals surface area contributed by atoms with E-state index < -0.39 is 0 Å². The van der Waals surface area contributed by atoms with Crippen LogP contribution in [0.4, 0.5) is 4.79 Å². The van der Waals surface area contributed by atoms with Gasteiger partial charge >= 0.3 is 6.09 Å². The first-order valence-electron chi connectivity index (χ1n) is 10.00. The van der Waals surface area contributed by atoms with Crippen LogP contribution in [0.25, 0.3) is 0 Å². The van der Waals surface area contributed by atoms with E-state index in [2.05, 4.69) is 24.8 Å². The van der Waals surface area contributed by atoms with Crippen LogP contribution in [-0.2, 0) is 16.1 Å². The Morgan fingerprint density at radius 2 is 2.07 bits per heavy atom. The van der Waals surface area contributed by atoms with Crippen LogP contribution in [0, 0.1) is 11.8 Å². The number of hydrogen-bond donors (Lipinski definition) is 0. The van der Waals surface area contributed by atoms with Crippen molar-refractivity contribution in [3.8, 4) is 11.8 Å². The van der Waals surface area contributed by atoms with Crippen molar-refractivity contribution in [1.29, 1.82) is 0 Å². The van der Waals surface area contributed by atoms with Crippen LogP contribution in [-0.4, -0.2) is 36.3 Å². The van der Waals surface area contributed by atoms with Gasteiger partial charge in [-0.05, 0) is 18.4 Å². The van der Waals surface area contributed by atoms with Gasteiger partial charge in [0.2, 0.25) is 0 Å². The number of unbranched alkanes of at least 4 members (excludes halogenated alkanes) is 3. The van der Waals surface area contributed by atoms with Gasteiger partial charge < -0.3 is 9.47 Å². The molecule has 0 aromatic heterocycles. The van der Waals surface area contributed by atoms with E-state index in [-0.39, 0.29) is 18.2 Å². The van der Waals surface area contributed by atoms with Gasteiger partial charge in [-0.25, -0.2) is 4.79 Å². The van der Waals surface area contributed by atoms with Crippen LogP contribution in [0.5, 0.6) is 0 Å². The molecule has 0 N–H and O–H groups in total. The molecular weight excluding hydrogens is 338 g/mol. The van der Waals surface area contributed by atoms with E-state index in [1.165, 1.54) is 24.8 Å². The fraction of sp³-hybridized carbons (Fsp3) is 0.522. The Balaban J connectivity index is 1.55. The summed E-state index contributed by atoms with van der Waals surface area (Å²) in [5, 5.41) is 0. The number of carbonyl (C=O) groups is 1. The van der Waals surface area contributed by atoms with E-state index in [1.54, 1.807) is 0 Å². The highest BCUT2D eigenvalue weighted by Gasteiger charge is 2.38. The number of morpholine rings is 1. The number of benzene rings is 1. The molecule has 1 aromatic rings. The predicted molar refractivity (Wildman–Crippen MR) is 106 cm³/mol. The predicted octanol–water partition coefficient (Wildman–Crippen LogP) is 4.70. The fourth-order valence-electron chi connectivity index (χ4n) is 3.62. The number of fused-ring (bicyclic) bond motifs is 2. The number of nitrogens with zero attached hydrogens (tertiary/aromatic N) is 1. The summed E-state index contributed by atoms with van der Waals surface area (Å²) in [6, 6.07) is 9.79. The van der Waals surface area contributed by atoms with Gasteiger partial charge in [-0.3, -0.25) is 4.90 Å². The number of amides is 1. The molecule has 2 heterocycles. The molecule has 27 heavy (non-hydrogen) atoms. The molecule has 1 saturated heterocycles. The van der Waals surface area contributed by atoms with E-state index >= 15 is 0 Å². The molecule has 0 radical (unpaired) electrons. The average Bonchev–Trinajstić information content (AvgIpc) is 2.69. The molecule has 1 aromatic carbocycles. The normalized spacial score (nSPS) is 21.1. The first-order valence-corrected chi connectivity index (χ1v) is 10.00. The topological polar surface area (TPSA) is 38.8 Å². The van der Waals surface area contributed by atoms with Crippen molar-refractivity contribution in [3.05, 3.63) is 47.5 Å². The number of rotatable bonds is 6. The van der Waals surface area contributed by atoms with Gasteiger partial charge in [0.1, 0.15) is 6.61 Å². The van der Waals surface area contributed by atoms with Crippen molar-refractivity contribution in [2.75, 3.05) is 13.2 Å². The second-order valence-corrected chi connectivity index (χ2v) is 7.22. The Morgan fingerprint density at radius 3 is 2.85 bits per heavy atom. The molecule has 0 aliphatic carbocycles. The van der Waals surface area contributed by atoms with Crippen LogP contribution in [0.3, 0.4) is 0 Å². The third-order valence-electron chi connectivity index (χ3n) is 5.04. The summed E-state index contributed by atoms with van der Waals surface area (Å²) in [5.74, 6) is 6.58. The third-order valence-corrected chi connectivity index (χ3v) is 5.04. The molecule has 144 valence electrons. The highest BCUT2D eigenvalue weighted by Crippen LogP contribution is 2.29. The maximum absolute atomic E-state index is 12.6. The van der Waals surface area contributed by atoms with Crippen molar-refractivity contribution < 1.29 is 14.3 Å². The Hall–Kier alpha value is -2.25. The third kappa shape index (κ3) is 5.61. The van der Waals surface area contributed by atoms with Crippen LogP contribution in [0.2, 0.25) is 0 Å². The summed E-state index contributed by atoms with van der Waals surface area (Å²) >= 11 is 0. The lowest BCUT2D eigenvalue weighted by Gasteiger charge is -2.43. The van der Waals surface area contributed by atoms with Gasteiger partial charge in [-0.1, -0.05) is 67.7 Å². The summed E-state index contributed by atoms with van der Waals surface area (Å²) in [4.78, 5) is 14.5. The summed E-state index contributed by atoms with van der Waals surface area (Å²) in [7, 11) is 0. The summed E-state index contributed by atoms with van der Waals surface area (Å²) in [6.45, 7) is 3.61. The molecule has 2 aliphatic rings. The molecule has 0 saturated carbocycles. The van der Waals surface area contributed by atoms with Gasteiger partial charge in [0, 0.05) is 12.8 Å². The highest BCUT2D eigenvalue weighted by atomic mass is 16.6. The van der Waals surface area contributed by atoms with Crippen LogP contribution >= 0.6 is 0 Å².